The molecule has 3 rings (SSSR count). The van der Waals surface area contributed by atoms with E-state index >= 15 is 0 Å². The summed E-state index contributed by atoms with van der Waals surface area (Å²) in [4.78, 5) is 39.5. The number of carbonyl (C=O) groups is 3. The Morgan fingerprint density at radius 2 is 1.91 bits per heavy atom. The van der Waals surface area contributed by atoms with Crippen LogP contribution in [0.1, 0.15) is 55.0 Å². The minimum absolute atomic E-state index is 0.0458. The minimum Gasteiger partial charge on any atom is -0.497 e. The molecule has 1 aliphatic rings. The first-order chi connectivity index (χ1) is 15.7. The number of benzene rings is 1. The van der Waals surface area contributed by atoms with Gasteiger partial charge in [0.15, 0.2) is 0 Å². The zero-order valence-corrected chi connectivity index (χ0v) is 19.5. The van der Waals surface area contributed by atoms with E-state index in [1.807, 2.05) is 38.1 Å². The molecule has 33 heavy (non-hydrogen) atoms. The smallest absolute Gasteiger partial charge is 0.373 e. The van der Waals surface area contributed by atoms with E-state index in [9.17, 15) is 14.4 Å². The van der Waals surface area contributed by atoms with Gasteiger partial charge >= 0.3 is 11.9 Å². The first-order valence-corrected chi connectivity index (χ1v) is 10.7. The van der Waals surface area contributed by atoms with E-state index in [1.165, 1.54) is 18.1 Å². The SMILES string of the molecule is COC(=O)c1ccc(CN2C(=O)CC(c3cccc(OC)c3)C(C(=O)OCC(C)C)=C2C)o1. The van der Waals surface area contributed by atoms with Crippen LogP contribution in [-0.2, 0) is 25.6 Å². The van der Waals surface area contributed by atoms with E-state index in [1.54, 1.807) is 20.1 Å². The molecule has 8 heteroatoms. The van der Waals surface area contributed by atoms with Gasteiger partial charge in [-0.05, 0) is 42.7 Å². The van der Waals surface area contributed by atoms with Gasteiger partial charge in [0.2, 0.25) is 11.7 Å². The molecule has 0 bridgehead atoms. The molecule has 0 spiro atoms. The van der Waals surface area contributed by atoms with Crippen molar-refractivity contribution in [2.75, 3.05) is 20.8 Å². The summed E-state index contributed by atoms with van der Waals surface area (Å²) in [6.07, 6.45) is 0.0845. The number of ether oxygens (including phenoxy) is 3. The van der Waals surface area contributed by atoms with Gasteiger partial charge in [0.05, 0.1) is 32.9 Å². The maximum absolute atomic E-state index is 13.2. The molecule has 1 aromatic carbocycles. The third-order valence-corrected chi connectivity index (χ3v) is 5.45. The Kier molecular flexibility index (Phi) is 7.58. The van der Waals surface area contributed by atoms with Gasteiger partial charge in [0, 0.05) is 18.0 Å². The molecule has 0 saturated heterocycles. The summed E-state index contributed by atoms with van der Waals surface area (Å²) in [6.45, 7) is 5.99. The number of hydrogen-bond donors (Lipinski definition) is 0. The lowest BCUT2D eigenvalue weighted by molar-refractivity contribution is -0.141. The average Bonchev–Trinajstić information content (AvgIpc) is 3.28. The molecule has 0 radical (unpaired) electrons. The monoisotopic (exact) mass is 455 g/mol. The maximum atomic E-state index is 13.2. The Morgan fingerprint density at radius 1 is 1.15 bits per heavy atom. The topological polar surface area (TPSA) is 95.3 Å². The van der Waals surface area contributed by atoms with Gasteiger partial charge in [-0.15, -0.1) is 0 Å². The normalized spacial score (nSPS) is 16.2. The summed E-state index contributed by atoms with van der Waals surface area (Å²) >= 11 is 0. The highest BCUT2D eigenvalue weighted by Gasteiger charge is 2.37. The van der Waals surface area contributed by atoms with Crippen molar-refractivity contribution >= 4 is 17.8 Å². The number of amides is 1. The van der Waals surface area contributed by atoms with Crippen LogP contribution in [0.3, 0.4) is 0 Å². The van der Waals surface area contributed by atoms with Crippen LogP contribution in [0.5, 0.6) is 5.75 Å². The number of nitrogens with zero attached hydrogens (tertiary/aromatic N) is 1. The number of furan rings is 1. The van der Waals surface area contributed by atoms with Crippen molar-refractivity contribution < 1.29 is 33.0 Å². The van der Waals surface area contributed by atoms with Gasteiger partial charge in [-0.2, -0.15) is 0 Å². The number of methoxy groups -OCH3 is 2. The molecule has 0 N–H and O–H groups in total. The molecule has 2 heterocycles. The number of carbonyl (C=O) groups excluding carboxylic acids is 3. The van der Waals surface area contributed by atoms with E-state index in [0.29, 0.717) is 22.8 Å². The highest BCUT2D eigenvalue weighted by Crippen LogP contribution is 2.38. The second-order valence-electron chi connectivity index (χ2n) is 8.26. The minimum atomic E-state index is -0.602. The highest BCUT2D eigenvalue weighted by atomic mass is 16.5. The summed E-state index contributed by atoms with van der Waals surface area (Å²) in [6, 6.07) is 10.4. The Labute approximate surface area is 193 Å². The molecule has 0 aliphatic carbocycles. The van der Waals surface area contributed by atoms with Crippen molar-refractivity contribution in [2.45, 2.75) is 39.7 Å². The van der Waals surface area contributed by atoms with Crippen molar-refractivity contribution in [3.05, 3.63) is 64.8 Å². The molecule has 1 amide bonds. The second-order valence-corrected chi connectivity index (χ2v) is 8.26. The van der Waals surface area contributed by atoms with Crippen molar-refractivity contribution in [1.82, 2.24) is 4.90 Å². The lowest BCUT2D eigenvalue weighted by atomic mass is 9.83. The van der Waals surface area contributed by atoms with Crippen LogP contribution in [0.15, 0.2) is 52.1 Å². The molecule has 8 nitrogen and oxygen atoms in total. The third-order valence-electron chi connectivity index (χ3n) is 5.45. The van der Waals surface area contributed by atoms with E-state index in [4.69, 9.17) is 13.9 Å². The van der Waals surface area contributed by atoms with E-state index in [-0.39, 0.29) is 37.2 Å². The highest BCUT2D eigenvalue weighted by molar-refractivity contribution is 5.96. The quantitative estimate of drug-likeness (QED) is 0.554. The van der Waals surface area contributed by atoms with Crippen LogP contribution >= 0.6 is 0 Å². The molecule has 1 unspecified atom stereocenters. The van der Waals surface area contributed by atoms with Crippen molar-refractivity contribution in [2.24, 2.45) is 5.92 Å². The van der Waals surface area contributed by atoms with Crippen LogP contribution in [0.2, 0.25) is 0 Å². The zero-order chi connectivity index (χ0) is 24.1. The van der Waals surface area contributed by atoms with Crippen LogP contribution < -0.4 is 4.74 Å². The van der Waals surface area contributed by atoms with Gasteiger partial charge < -0.3 is 23.5 Å². The first-order valence-electron chi connectivity index (χ1n) is 10.7. The van der Waals surface area contributed by atoms with Crippen molar-refractivity contribution in [3.63, 3.8) is 0 Å². The Hall–Kier alpha value is -3.55. The number of esters is 2. The van der Waals surface area contributed by atoms with Gasteiger partial charge in [-0.1, -0.05) is 26.0 Å². The first kappa shape index (κ1) is 24.1. The maximum Gasteiger partial charge on any atom is 0.373 e. The van der Waals surface area contributed by atoms with Crippen LogP contribution in [-0.4, -0.2) is 43.6 Å². The van der Waals surface area contributed by atoms with Gasteiger partial charge in [0.25, 0.3) is 0 Å². The summed E-state index contributed by atoms with van der Waals surface area (Å²) in [5, 5.41) is 0. The Balaban J connectivity index is 1.98. The lowest BCUT2D eigenvalue weighted by Gasteiger charge is -2.34. The number of allylic oxidation sites excluding steroid dienone is 1. The van der Waals surface area contributed by atoms with E-state index < -0.39 is 17.9 Å². The fraction of sp³-hybridized carbons (Fsp3) is 0.400. The number of rotatable bonds is 8. The van der Waals surface area contributed by atoms with Crippen molar-refractivity contribution in [3.8, 4) is 5.75 Å². The fourth-order valence-electron chi connectivity index (χ4n) is 3.76. The summed E-state index contributed by atoms with van der Waals surface area (Å²) in [7, 11) is 2.83. The summed E-state index contributed by atoms with van der Waals surface area (Å²) < 4.78 is 21.1. The van der Waals surface area contributed by atoms with E-state index in [2.05, 4.69) is 4.74 Å². The van der Waals surface area contributed by atoms with E-state index in [0.717, 1.165) is 5.56 Å². The lowest BCUT2D eigenvalue weighted by Crippen LogP contribution is -2.38. The molecular weight excluding hydrogens is 426 g/mol. The largest absolute Gasteiger partial charge is 0.497 e. The van der Waals surface area contributed by atoms with Crippen LogP contribution in [0.25, 0.3) is 0 Å². The second kappa shape index (κ2) is 10.4. The zero-order valence-electron chi connectivity index (χ0n) is 19.5. The molecular formula is C25H29NO7. The molecule has 2 aromatic rings. The Morgan fingerprint density at radius 3 is 2.58 bits per heavy atom. The molecule has 0 saturated carbocycles. The molecule has 1 aromatic heterocycles. The van der Waals surface area contributed by atoms with Crippen LogP contribution in [0, 0.1) is 5.92 Å². The third kappa shape index (κ3) is 5.45. The molecule has 0 fully saturated rings. The van der Waals surface area contributed by atoms with Gasteiger partial charge in [-0.25, -0.2) is 9.59 Å². The van der Waals surface area contributed by atoms with Crippen molar-refractivity contribution in [1.29, 1.82) is 0 Å². The van der Waals surface area contributed by atoms with Gasteiger partial charge in [0.1, 0.15) is 11.5 Å². The Bertz CT molecular complexity index is 1070. The molecule has 1 aliphatic heterocycles. The van der Waals surface area contributed by atoms with Crippen LogP contribution in [0.4, 0.5) is 0 Å². The standard InChI is InChI=1S/C25H29NO7/c1-15(2)14-32-25(29)23-16(3)26(13-19-9-10-21(33-19)24(28)31-5)22(27)12-20(23)17-7-6-8-18(11-17)30-4/h6-11,15,20H,12-14H2,1-5H3. The fourth-order valence-corrected chi connectivity index (χ4v) is 3.76. The van der Waals surface area contributed by atoms with Gasteiger partial charge in [-0.3, -0.25) is 4.79 Å². The summed E-state index contributed by atoms with van der Waals surface area (Å²) in [5.41, 5.74) is 1.70. The predicted octanol–water partition coefficient (Wildman–Crippen LogP) is 4.06. The number of hydrogen-bond acceptors (Lipinski definition) is 7. The predicted molar refractivity (Wildman–Crippen MR) is 119 cm³/mol. The molecule has 1 atom stereocenters. The average molecular weight is 456 g/mol. The molecule has 176 valence electrons. The summed E-state index contributed by atoms with van der Waals surface area (Å²) in [5.74, 6) is -0.437.